The van der Waals surface area contributed by atoms with Crippen molar-refractivity contribution in [3.05, 3.63) is 28.2 Å². The second-order valence-corrected chi connectivity index (χ2v) is 4.42. The van der Waals surface area contributed by atoms with E-state index in [1.165, 1.54) is 0 Å². The minimum absolute atomic E-state index is 0.00179. The summed E-state index contributed by atoms with van der Waals surface area (Å²) in [7, 11) is 1.63. The number of carbonyl (C=O) groups excluding carboxylic acids is 1. The number of alkyl halides is 1. The maximum atomic E-state index is 10.9. The number of methoxy groups -OCH3 is 1. The predicted octanol–water partition coefficient (Wildman–Crippen LogP) is 2.36. The molecule has 0 spiro atoms. The van der Waals surface area contributed by atoms with Gasteiger partial charge in [0.2, 0.25) is 5.91 Å². The highest BCUT2D eigenvalue weighted by atomic mass is 79.9. The fraction of sp³-hybridized carbons (Fsp3) is 0.364. The minimum atomic E-state index is -0.149. The number of ether oxygens (including phenoxy) is 1. The summed E-state index contributed by atoms with van der Waals surface area (Å²) in [6, 6.07) is 5.83. The number of hydrogen-bond acceptors (Lipinski definition) is 2. The molecule has 3 nitrogen and oxygen atoms in total. The Labute approximate surface area is 108 Å². The van der Waals surface area contributed by atoms with Crippen molar-refractivity contribution in [1.29, 1.82) is 0 Å². The SMILES string of the molecule is COc1cc(Br)cc(CCNC(=O)CCl)c1. The van der Waals surface area contributed by atoms with E-state index in [1.807, 2.05) is 18.2 Å². The van der Waals surface area contributed by atoms with Gasteiger partial charge in [0, 0.05) is 11.0 Å². The normalized spacial score (nSPS) is 9.94. The molecule has 0 aliphatic heterocycles. The lowest BCUT2D eigenvalue weighted by Crippen LogP contribution is -2.26. The second-order valence-electron chi connectivity index (χ2n) is 3.23. The summed E-state index contributed by atoms with van der Waals surface area (Å²) < 4.78 is 6.11. The average Bonchev–Trinajstić information content (AvgIpc) is 2.28. The highest BCUT2D eigenvalue weighted by molar-refractivity contribution is 9.10. The summed E-state index contributed by atoms with van der Waals surface area (Å²) in [6.45, 7) is 0.575. The van der Waals surface area contributed by atoms with Crippen LogP contribution in [0.3, 0.4) is 0 Å². The molecule has 0 saturated heterocycles. The quantitative estimate of drug-likeness (QED) is 0.848. The lowest BCUT2D eigenvalue weighted by Gasteiger charge is -2.06. The van der Waals surface area contributed by atoms with Crippen LogP contribution in [0.15, 0.2) is 22.7 Å². The van der Waals surface area contributed by atoms with Crippen LogP contribution in [0.25, 0.3) is 0 Å². The van der Waals surface area contributed by atoms with Gasteiger partial charge >= 0.3 is 0 Å². The van der Waals surface area contributed by atoms with Crippen LogP contribution < -0.4 is 10.1 Å². The van der Waals surface area contributed by atoms with E-state index in [0.717, 1.165) is 22.2 Å². The Bertz CT molecular complexity index is 371. The summed E-state index contributed by atoms with van der Waals surface area (Å²) in [5.41, 5.74) is 1.10. The predicted molar refractivity (Wildman–Crippen MR) is 68.1 cm³/mol. The smallest absolute Gasteiger partial charge is 0.234 e. The molecular formula is C11H13BrClNO2. The van der Waals surface area contributed by atoms with Crippen LogP contribution in [-0.4, -0.2) is 25.4 Å². The first-order valence-corrected chi connectivity index (χ1v) is 6.14. The van der Waals surface area contributed by atoms with Crippen LogP contribution in [0.1, 0.15) is 5.56 Å². The molecule has 1 aromatic carbocycles. The molecule has 5 heteroatoms. The number of carbonyl (C=O) groups is 1. The molecule has 0 unspecified atom stereocenters. The number of rotatable bonds is 5. The summed E-state index contributed by atoms with van der Waals surface area (Å²) in [5.74, 6) is 0.651. The van der Waals surface area contributed by atoms with Gasteiger partial charge in [-0.15, -0.1) is 11.6 Å². The molecule has 1 rings (SSSR count). The second kappa shape index (κ2) is 6.76. The molecule has 0 heterocycles. The maximum Gasteiger partial charge on any atom is 0.234 e. The summed E-state index contributed by atoms with van der Waals surface area (Å²) in [4.78, 5) is 10.9. The largest absolute Gasteiger partial charge is 0.497 e. The number of hydrogen-bond donors (Lipinski definition) is 1. The van der Waals surface area contributed by atoms with Gasteiger partial charge in [0.25, 0.3) is 0 Å². The maximum absolute atomic E-state index is 10.9. The molecule has 16 heavy (non-hydrogen) atoms. The van der Waals surface area contributed by atoms with Crippen molar-refractivity contribution in [1.82, 2.24) is 5.32 Å². The number of nitrogens with one attached hydrogen (secondary N) is 1. The first kappa shape index (κ1) is 13.3. The van der Waals surface area contributed by atoms with Crippen molar-refractivity contribution in [2.75, 3.05) is 19.5 Å². The summed E-state index contributed by atoms with van der Waals surface area (Å²) in [6.07, 6.45) is 0.748. The Morgan fingerprint density at radius 1 is 1.50 bits per heavy atom. The molecule has 1 aromatic rings. The van der Waals surface area contributed by atoms with Gasteiger partial charge in [-0.3, -0.25) is 4.79 Å². The zero-order valence-electron chi connectivity index (χ0n) is 8.93. The van der Waals surface area contributed by atoms with E-state index >= 15 is 0 Å². The Kier molecular flexibility index (Phi) is 5.63. The third-order valence-electron chi connectivity index (χ3n) is 2.02. The molecule has 0 saturated carbocycles. The van der Waals surface area contributed by atoms with E-state index in [0.29, 0.717) is 6.54 Å². The number of halogens is 2. The lowest BCUT2D eigenvalue weighted by molar-refractivity contribution is -0.118. The molecule has 0 aliphatic rings. The average molecular weight is 307 g/mol. The van der Waals surface area contributed by atoms with Crippen LogP contribution in [0.4, 0.5) is 0 Å². The van der Waals surface area contributed by atoms with E-state index in [4.69, 9.17) is 16.3 Å². The first-order valence-electron chi connectivity index (χ1n) is 4.82. The summed E-state index contributed by atoms with van der Waals surface area (Å²) in [5, 5.41) is 2.71. The highest BCUT2D eigenvalue weighted by Crippen LogP contribution is 2.21. The van der Waals surface area contributed by atoms with E-state index < -0.39 is 0 Å². The fourth-order valence-electron chi connectivity index (χ4n) is 1.28. The highest BCUT2D eigenvalue weighted by Gasteiger charge is 2.01. The molecule has 0 aromatic heterocycles. The Balaban J connectivity index is 2.53. The lowest BCUT2D eigenvalue weighted by atomic mass is 10.1. The van der Waals surface area contributed by atoms with Crippen LogP contribution in [-0.2, 0) is 11.2 Å². The number of amides is 1. The van der Waals surface area contributed by atoms with Crippen molar-refractivity contribution in [3.63, 3.8) is 0 Å². The van der Waals surface area contributed by atoms with Gasteiger partial charge in [-0.05, 0) is 30.2 Å². The van der Waals surface area contributed by atoms with Crippen molar-refractivity contribution in [3.8, 4) is 5.75 Å². The first-order chi connectivity index (χ1) is 7.65. The molecule has 0 fully saturated rings. The molecule has 0 radical (unpaired) electrons. The van der Waals surface area contributed by atoms with E-state index in [-0.39, 0.29) is 11.8 Å². The minimum Gasteiger partial charge on any atom is -0.497 e. The third kappa shape index (κ3) is 4.41. The molecule has 0 atom stereocenters. The van der Waals surface area contributed by atoms with Gasteiger partial charge < -0.3 is 10.1 Å². The van der Waals surface area contributed by atoms with Crippen molar-refractivity contribution in [2.24, 2.45) is 0 Å². The van der Waals surface area contributed by atoms with Gasteiger partial charge in [-0.1, -0.05) is 15.9 Å². The topological polar surface area (TPSA) is 38.3 Å². The van der Waals surface area contributed by atoms with E-state index in [9.17, 15) is 4.79 Å². The van der Waals surface area contributed by atoms with Gasteiger partial charge in [0.05, 0.1) is 7.11 Å². The Morgan fingerprint density at radius 2 is 2.25 bits per heavy atom. The third-order valence-corrected chi connectivity index (χ3v) is 2.72. The van der Waals surface area contributed by atoms with E-state index in [2.05, 4.69) is 21.2 Å². The Morgan fingerprint density at radius 3 is 2.88 bits per heavy atom. The fourth-order valence-corrected chi connectivity index (χ4v) is 1.89. The van der Waals surface area contributed by atoms with Gasteiger partial charge in [-0.2, -0.15) is 0 Å². The van der Waals surface area contributed by atoms with Gasteiger partial charge in [0.15, 0.2) is 0 Å². The van der Waals surface area contributed by atoms with Gasteiger partial charge in [-0.25, -0.2) is 0 Å². The van der Waals surface area contributed by atoms with Crippen molar-refractivity contribution >= 4 is 33.4 Å². The van der Waals surface area contributed by atoms with Gasteiger partial charge in [0.1, 0.15) is 11.6 Å². The van der Waals surface area contributed by atoms with Crippen LogP contribution in [0.2, 0.25) is 0 Å². The zero-order valence-corrected chi connectivity index (χ0v) is 11.3. The van der Waals surface area contributed by atoms with Crippen LogP contribution in [0, 0.1) is 0 Å². The molecule has 1 N–H and O–H groups in total. The summed E-state index contributed by atoms with van der Waals surface area (Å²) >= 11 is 8.77. The molecule has 0 bridgehead atoms. The van der Waals surface area contributed by atoms with Crippen LogP contribution in [0.5, 0.6) is 5.75 Å². The monoisotopic (exact) mass is 305 g/mol. The molecular weight excluding hydrogens is 293 g/mol. The Hall–Kier alpha value is -0.740. The zero-order chi connectivity index (χ0) is 12.0. The van der Waals surface area contributed by atoms with Crippen molar-refractivity contribution in [2.45, 2.75) is 6.42 Å². The molecule has 0 aliphatic carbocycles. The van der Waals surface area contributed by atoms with Crippen LogP contribution >= 0.6 is 27.5 Å². The standard InChI is InChI=1S/C11H13BrClNO2/c1-16-10-5-8(4-9(12)6-10)2-3-14-11(15)7-13/h4-6H,2-3,7H2,1H3,(H,14,15). The molecule has 88 valence electrons. The van der Waals surface area contributed by atoms with Crippen molar-refractivity contribution < 1.29 is 9.53 Å². The number of benzene rings is 1. The van der Waals surface area contributed by atoms with E-state index in [1.54, 1.807) is 7.11 Å². The molecule has 1 amide bonds.